The molecule has 6 rings (SSSR count). The molecule has 0 N–H and O–H groups in total. The molecule has 1 aromatic heterocycles. The van der Waals surface area contributed by atoms with Crippen molar-refractivity contribution in [3.8, 4) is 55.8 Å². The van der Waals surface area contributed by atoms with E-state index in [0.717, 1.165) is 11.3 Å². The van der Waals surface area contributed by atoms with Crippen molar-refractivity contribution in [1.82, 2.24) is 4.98 Å². The maximum absolute atomic E-state index is 4.53. The van der Waals surface area contributed by atoms with E-state index in [4.69, 9.17) is 0 Å². The van der Waals surface area contributed by atoms with Gasteiger partial charge >= 0.3 is 0 Å². The van der Waals surface area contributed by atoms with Crippen LogP contribution in [0.5, 0.6) is 0 Å². The van der Waals surface area contributed by atoms with Crippen LogP contribution < -0.4 is 0 Å². The second kappa shape index (κ2) is 9.85. The Morgan fingerprint density at radius 3 is 1.19 bits per heavy atom. The zero-order chi connectivity index (χ0) is 24.2. The summed E-state index contributed by atoms with van der Waals surface area (Å²) in [6.45, 7) is 0. The number of rotatable bonds is 5. The highest BCUT2D eigenvalue weighted by Gasteiger charge is 2.09. The Labute approximate surface area is 212 Å². The average Bonchev–Trinajstić information content (AvgIpc) is 2.98. The Bertz CT molecular complexity index is 1550. The molecule has 0 amide bonds. The minimum atomic E-state index is 0.985. The summed E-state index contributed by atoms with van der Waals surface area (Å²) in [5.41, 5.74) is 11.8. The summed E-state index contributed by atoms with van der Waals surface area (Å²) >= 11 is 0. The molecule has 0 bridgehead atoms. The van der Waals surface area contributed by atoms with Gasteiger partial charge in [-0.2, -0.15) is 0 Å². The van der Waals surface area contributed by atoms with E-state index in [2.05, 4.69) is 138 Å². The van der Waals surface area contributed by atoms with Crippen molar-refractivity contribution in [2.45, 2.75) is 0 Å². The molecule has 36 heavy (non-hydrogen) atoms. The first-order chi connectivity index (χ1) is 17.8. The van der Waals surface area contributed by atoms with Crippen molar-refractivity contribution in [2.75, 3.05) is 0 Å². The molecule has 0 atom stereocenters. The monoisotopic (exact) mass is 459 g/mol. The SMILES string of the molecule is c1ccc(-c2cc(-c3ccccc3)cc(-c3cccc(-c4cccc(-c5ccccn5)c4)c3)c2)cc1. The fourth-order valence-corrected chi connectivity index (χ4v) is 4.66. The van der Waals surface area contributed by atoms with Crippen molar-refractivity contribution in [2.24, 2.45) is 0 Å². The van der Waals surface area contributed by atoms with Gasteiger partial charge in [-0.1, -0.05) is 103 Å². The molecule has 1 nitrogen and oxygen atoms in total. The van der Waals surface area contributed by atoms with Crippen LogP contribution in [-0.4, -0.2) is 4.98 Å². The first-order valence-corrected chi connectivity index (χ1v) is 12.2. The third-order valence-electron chi connectivity index (χ3n) is 6.50. The van der Waals surface area contributed by atoms with E-state index in [1.807, 2.05) is 18.3 Å². The highest BCUT2D eigenvalue weighted by molar-refractivity contribution is 5.83. The van der Waals surface area contributed by atoms with Crippen molar-refractivity contribution in [3.63, 3.8) is 0 Å². The summed E-state index contributed by atoms with van der Waals surface area (Å²) < 4.78 is 0. The third kappa shape index (κ3) is 4.60. The molecule has 170 valence electrons. The van der Waals surface area contributed by atoms with E-state index in [1.165, 1.54) is 44.5 Å². The van der Waals surface area contributed by atoms with Crippen LogP contribution in [0.3, 0.4) is 0 Å². The fraction of sp³-hybridized carbons (Fsp3) is 0. The largest absolute Gasteiger partial charge is 0.256 e. The van der Waals surface area contributed by atoms with Gasteiger partial charge in [0.25, 0.3) is 0 Å². The Morgan fingerprint density at radius 1 is 0.278 bits per heavy atom. The van der Waals surface area contributed by atoms with Crippen molar-refractivity contribution in [3.05, 3.63) is 152 Å². The topological polar surface area (TPSA) is 12.9 Å². The van der Waals surface area contributed by atoms with Gasteiger partial charge in [0.2, 0.25) is 0 Å². The van der Waals surface area contributed by atoms with Gasteiger partial charge in [-0.25, -0.2) is 0 Å². The molecule has 5 aromatic carbocycles. The Hall–Kier alpha value is -4.75. The Kier molecular flexibility index (Phi) is 5.96. The molecule has 1 heterocycles. The van der Waals surface area contributed by atoms with Crippen LogP contribution in [0, 0.1) is 0 Å². The lowest BCUT2D eigenvalue weighted by Gasteiger charge is -2.13. The number of hydrogen-bond acceptors (Lipinski definition) is 1. The Morgan fingerprint density at radius 2 is 0.667 bits per heavy atom. The summed E-state index contributed by atoms with van der Waals surface area (Å²) in [4.78, 5) is 4.53. The molecule has 0 aliphatic carbocycles. The number of nitrogens with zero attached hydrogens (tertiary/aromatic N) is 1. The average molecular weight is 460 g/mol. The van der Waals surface area contributed by atoms with Crippen LogP contribution in [-0.2, 0) is 0 Å². The maximum atomic E-state index is 4.53. The lowest BCUT2D eigenvalue weighted by atomic mass is 9.92. The lowest BCUT2D eigenvalue weighted by molar-refractivity contribution is 1.33. The minimum absolute atomic E-state index is 0.985. The van der Waals surface area contributed by atoms with E-state index in [-0.39, 0.29) is 0 Å². The number of hydrogen-bond donors (Lipinski definition) is 0. The van der Waals surface area contributed by atoms with E-state index < -0.39 is 0 Å². The summed E-state index contributed by atoms with van der Waals surface area (Å²) in [5.74, 6) is 0. The second-order valence-corrected chi connectivity index (χ2v) is 8.91. The van der Waals surface area contributed by atoms with E-state index in [9.17, 15) is 0 Å². The summed E-state index contributed by atoms with van der Waals surface area (Å²) in [7, 11) is 0. The summed E-state index contributed by atoms with van der Waals surface area (Å²) in [6.07, 6.45) is 1.84. The van der Waals surface area contributed by atoms with E-state index >= 15 is 0 Å². The molecule has 0 radical (unpaired) electrons. The zero-order valence-corrected chi connectivity index (χ0v) is 19.9. The van der Waals surface area contributed by atoms with Gasteiger partial charge in [0.15, 0.2) is 0 Å². The van der Waals surface area contributed by atoms with Crippen molar-refractivity contribution in [1.29, 1.82) is 0 Å². The first-order valence-electron chi connectivity index (χ1n) is 12.2. The first kappa shape index (κ1) is 21.8. The number of aromatic nitrogens is 1. The van der Waals surface area contributed by atoms with Gasteiger partial charge in [0.1, 0.15) is 0 Å². The molecular weight excluding hydrogens is 434 g/mol. The predicted molar refractivity (Wildman–Crippen MR) is 151 cm³/mol. The Balaban J connectivity index is 1.45. The van der Waals surface area contributed by atoms with Crippen LogP contribution in [0.25, 0.3) is 55.8 Å². The highest BCUT2D eigenvalue weighted by atomic mass is 14.7. The molecule has 0 fully saturated rings. The van der Waals surface area contributed by atoms with Crippen LogP contribution in [0.1, 0.15) is 0 Å². The molecule has 0 aliphatic rings. The maximum Gasteiger partial charge on any atom is 0.0702 e. The summed E-state index contributed by atoms with van der Waals surface area (Å²) in [6, 6.07) is 51.5. The smallest absolute Gasteiger partial charge is 0.0702 e. The molecule has 0 saturated heterocycles. The molecule has 1 heteroatoms. The number of benzene rings is 5. The molecule has 0 aliphatic heterocycles. The van der Waals surface area contributed by atoms with Gasteiger partial charge in [-0.05, 0) is 87.0 Å². The number of pyridine rings is 1. The van der Waals surface area contributed by atoms with Gasteiger partial charge < -0.3 is 0 Å². The quantitative estimate of drug-likeness (QED) is 0.250. The van der Waals surface area contributed by atoms with Crippen LogP contribution in [0.15, 0.2) is 152 Å². The fourth-order valence-electron chi connectivity index (χ4n) is 4.66. The third-order valence-corrected chi connectivity index (χ3v) is 6.50. The molecule has 6 aromatic rings. The molecule has 0 saturated carbocycles. The highest BCUT2D eigenvalue weighted by Crippen LogP contribution is 2.35. The van der Waals surface area contributed by atoms with Gasteiger partial charge in [0.05, 0.1) is 5.69 Å². The van der Waals surface area contributed by atoms with Gasteiger partial charge in [0, 0.05) is 11.8 Å². The van der Waals surface area contributed by atoms with Gasteiger partial charge in [-0.15, -0.1) is 0 Å². The van der Waals surface area contributed by atoms with Gasteiger partial charge in [-0.3, -0.25) is 4.98 Å². The predicted octanol–water partition coefficient (Wildman–Crippen LogP) is 9.42. The molecule has 0 spiro atoms. The van der Waals surface area contributed by atoms with E-state index in [0.29, 0.717) is 0 Å². The van der Waals surface area contributed by atoms with Crippen molar-refractivity contribution < 1.29 is 0 Å². The van der Waals surface area contributed by atoms with Crippen LogP contribution in [0.4, 0.5) is 0 Å². The lowest BCUT2D eigenvalue weighted by Crippen LogP contribution is -1.87. The van der Waals surface area contributed by atoms with Crippen LogP contribution in [0.2, 0.25) is 0 Å². The normalized spacial score (nSPS) is 10.8. The minimum Gasteiger partial charge on any atom is -0.256 e. The standard InChI is InChI=1S/C35H25N/c1-3-11-26(12-4-1)32-23-33(27-13-5-2-6-14-27)25-34(24-32)30-17-9-15-28(21-30)29-16-10-18-31(22-29)35-19-7-8-20-36-35/h1-25H. The molecule has 0 unspecified atom stereocenters. The van der Waals surface area contributed by atoms with E-state index in [1.54, 1.807) is 0 Å². The molecular formula is C35H25N. The van der Waals surface area contributed by atoms with Crippen LogP contribution >= 0.6 is 0 Å². The van der Waals surface area contributed by atoms with Crippen molar-refractivity contribution >= 4 is 0 Å². The summed E-state index contributed by atoms with van der Waals surface area (Å²) in [5, 5.41) is 0. The second-order valence-electron chi connectivity index (χ2n) is 8.91. The zero-order valence-electron chi connectivity index (χ0n) is 19.9.